The molecule has 1 amide bonds. The number of aryl methyl sites for hydroxylation is 2. The van der Waals surface area contributed by atoms with E-state index in [2.05, 4.69) is 31.3 Å². The summed E-state index contributed by atoms with van der Waals surface area (Å²) < 4.78 is 2.36. The number of aromatic nitrogens is 3. The van der Waals surface area contributed by atoms with Gasteiger partial charge in [0.1, 0.15) is 4.60 Å². The first-order valence-corrected chi connectivity index (χ1v) is 5.71. The number of carbonyl (C=O) groups is 1. The van der Waals surface area contributed by atoms with Gasteiger partial charge in [0.25, 0.3) is 0 Å². The highest BCUT2D eigenvalue weighted by Gasteiger charge is 2.13. The van der Waals surface area contributed by atoms with Crippen LogP contribution < -0.4 is 5.32 Å². The van der Waals surface area contributed by atoms with Crippen LogP contribution in [-0.4, -0.2) is 21.0 Å². The molecule has 1 N–H and O–H groups in total. The first kappa shape index (κ1) is 11.1. The van der Waals surface area contributed by atoms with Crippen molar-refractivity contribution in [3.63, 3.8) is 0 Å². The Hall–Kier alpha value is -1.43. The minimum Gasteiger partial charge on any atom is -0.312 e. The third kappa shape index (κ3) is 1.69. The monoisotopic (exact) mass is 282 g/mol. The van der Waals surface area contributed by atoms with Crippen LogP contribution in [0.4, 0.5) is 5.82 Å². The summed E-state index contributed by atoms with van der Waals surface area (Å²) in [5, 5.41) is 6.91. The van der Waals surface area contributed by atoms with Crippen LogP contribution in [0.5, 0.6) is 0 Å². The van der Waals surface area contributed by atoms with Crippen molar-refractivity contribution < 1.29 is 4.79 Å². The van der Waals surface area contributed by atoms with Gasteiger partial charge in [-0.05, 0) is 40.9 Å². The zero-order valence-corrected chi connectivity index (χ0v) is 10.6. The molecule has 0 aliphatic heterocycles. The van der Waals surface area contributed by atoms with Crippen molar-refractivity contribution in [3.8, 4) is 0 Å². The van der Waals surface area contributed by atoms with Gasteiger partial charge in [-0.1, -0.05) is 6.92 Å². The third-order valence-electron chi connectivity index (χ3n) is 2.34. The molecule has 0 atom stereocenters. The molecule has 5 nitrogen and oxygen atoms in total. The Morgan fingerprint density at radius 2 is 2.38 bits per heavy atom. The summed E-state index contributed by atoms with van der Waals surface area (Å²) in [6.07, 6.45) is 1.39. The Morgan fingerprint density at radius 1 is 1.62 bits per heavy atom. The fourth-order valence-corrected chi connectivity index (χ4v) is 2.13. The quantitative estimate of drug-likeness (QED) is 0.876. The van der Waals surface area contributed by atoms with Crippen LogP contribution in [0.2, 0.25) is 0 Å². The number of carbonyl (C=O) groups excluding carboxylic acids is 1. The molecule has 0 bridgehead atoms. The van der Waals surface area contributed by atoms with E-state index in [1.165, 1.54) is 0 Å². The van der Waals surface area contributed by atoms with Crippen LogP contribution in [0, 0.1) is 6.92 Å². The molecular weight excluding hydrogens is 272 g/mol. The van der Waals surface area contributed by atoms with Crippen LogP contribution in [-0.2, 0) is 11.2 Å². The number of nitrogens with one attached hydrogen (secondary N) is 1. The van der Waals surface area contributed by atoms with Crippen LogP contribution in [0.1, 0.15) is 18.2 Å². The fraction of sp³-hybridized carbons (Fsp3) is 0.300. The number of hydrogen-bond acceptors (Lipinski definition) is 3. The molecule has 0 saturated carbocycles. The van der Waals surface area contributed by atoms with Gasteiger partial charge in [0.15, 0.2) is 11.5 Å². The van der Waals surface area contributed by atoms with Gasteiger partial charge in [-0.2, -0.15) is 9.61 Å². The van der Waals surface area contributed by atoms with Crippen LogP contribution in [0.25, 0.3) is 5.65 Å². The molecule has 0 aliphatic rings. The van der Waals surface area contributed by atoms with Crippen molar-refractivity contribution in [2.75, 3.05) is 5.32 Å². The van der Waals surface area contributed by atoms with Crippen molar-refractivity contribution in [2.45, 2.75) is 20.3 Å². The van der Waals surface area contributed by atoms with Gasteiger partial charge >= 0.3 is 0 Å². The van der Waals surface area contributed by atoms with E-state index in [1.54, 1.807) is 4.52 Å². The number of anilines is 1. The van der Waals surface area contributed by atoms with Gasteiger partial charge in [0.05, 0.1) is 5.69 Å². The predicted molar refractivity (Wildman–Crippen MR) is 64.5 cm³/mol. The number of amides is 1. The SMILES string of the molecule is CCc1nc2c(C)cc(Br)nn2c1NC=O. The summed E-state index contributed by atoms with van der Waals surface area (Å²) in [4.78, 5) is 15.0. The Balaban J connectivity index is 2.78. The van der Waals surface area contributed by atoms with Crippen LogP contribution in [0.15, 0.2) is 10.7 Å². The zero-order chi connectivity index (χ0) is 11.7. The van der Waals surface area contributed by atoms with Gasteiger partial charge < -0.3 is 5.32 Å². The highest BCUT2D eigenvalue weighted by Crippen LogP contribution is 2.21. The van der Waals surface area contributed by atoms with E-state index < -0.39 is 0 Å². The summed E-state index contributed by atoms with van der Waals surface area (Å²) in [7, 11) is 0. The first-order chi connectivity index (χ1) is 7.67. The van der Waals surface area contributed by atoms with Crippen molar-refractivity contribution in [1.82, 2.24) is 14.6 Å². The lowest BCUT2D eigenvalue weighted by Gasteiger charge is -2.02. The molecule has 84 valence electrons. The molecule has 0 saturated heterocycles. The Bertz CT molecular complexity index is 549. The van der Waals surface area contributed by atoms with E-state index in [4.69, 9.17) is 0 Å². The molecule has 16 heavy (non-hydrogen) atoms. The molecule has 0 aliphatic carbocycles. The van der Waals surface area contributed by atoms with Crippen molar-refractivity contribution >= 4 is 33.8 Å². The third-order valence-corrected chi connectivity index (χ3v) is 2.73. The summed E-state index contributed by atoms with van der Waals surface area (Å²) in [5.74, 6) is 0.636. The number of imidazole rings is 1. The lowest BCUT2D eigenvalue weighted by molar-refractivity contribution is -0.105. The standard InChI is InChI=1S/C10H11BrN4O/c1-3-7-10(12-5-16)15-9(13-7)6(2)4-8(11)14-15/h4-5H,3H2,1-2H3,(H,12,16). The second kappa shape index (κ2) is 4.21. The molecular formula is C10H11BrN4O. The molecule has 0 aromatic carbocycles. The molecule has 2 rings (SSSR count). The van der Waals surface area contributed by atoms with Gasteiger partial charge in [-0.25, -0.2) is 4.98 Å². The van der Waals surface area contributed by atoms with E-state index in [1.807, 2.05) is 19.9 Å². The molecule has 0 radical (unpaired) electrons. The average Bonchev–Trinajstić information content (AvgIpc) is 2.58. The Kier molecular flexibility index (Phi) is 2.91. The Labute approximate surface area is 101 Å². The topological polar surface area (TPSA) is 59.3 Å². The molecule has 6 heteroatoms. The maximum absolute atomic E-state index is 10.6. The maximum atomic E-state index is 10.6. The first-order valence-electron chi connectivity index (χ1n) is 4.92. The number of hydrogen-bond donors (Lipinski definition) is 1. The molecule has 0 fully saturated rings. The number of halogens is 1. The lowest BCUT2D eigenvalue weighted by atomic mass is 10.3. The van der Waals surface area contributed by atoms with Crippen molar-refractivity contribution in [1.29, 1.82) is 0 Å². The minimum atomic E-state index is 0.636. The number of fused-ring (bicyclic) bond motifs is 1. The Morgan fingerprint density at radius 3 is 3.00 bits per heavy atom. The largest absolute Gasteiger partial charge is 0.312 e. The predicted octanol–water partition coefficient (Wildman–Crippen LogP) is 1.93. The maximum Gasteiger partial charge on any atom is 0.212 e. The van der Waals surface area contributed by atoms with Gasteiger partial charge in [-0.15, -0.1) is 0 Å². The summed E-state index contributed by atoms with van der Waals surface area (Å²) in [5.41, 5.74) is 2.61. The second-order valence-electron chi connectivity index (χ2n) is 3.41. The smallest absolute Gasteiger partial charge is 0.212 e. The van der Waals surface area contributed by atoms with Gasteiger partial charge in [-0.3, -0.25) is 4.79 Å². The van der Waals surface area contributed by atoms with E-state index >= 15 is 0 Å². The normalized spacial score (nSPS) is 10.7. The van der Waals surface area contributed by atoms with E-state index in [9.17, 15) is 4.79 Å². The van der Waals surface area contributed by atoms with E-state index in [0.717, 1.165) is 23.3 Å². The molecule has 0 spiro atoms. The molecule has 2 aromatic heterocycles. The summed E-state index contributed by atoms with van der Waals surface area (Å²) in [6.45, 7) is 3.95. The number of rotatable bonds is 3. The second-order valence-corrected chi connectivity index (χ2v) is 4.22. The lowest BCUT2D eigenvalue weighted by Crippen LogP contribution is -2.03. The summed E-state index contributed by atoms with van der Waals surface area (Å²) in [6, 6.07) is 1.90. The number of nitrogens with zero attached hydrogens (tertiary/aromatic N) is 3. The van der Waals surface area contributed by atoms with E-state index in [0.29, 0.717) is 16.8 Å². The van der Waals surface area contributed by atoms with Crippen LogP contribution >= 0.6 is 15.9 Å². The molecule has 2 heterocycles. The summed E-state index contributed by atoms with van der Waals surface area (Å²) >= 11 is 3.32. The van der Waals surface area contributed by atoms with Crippen LogP contribution in [0.3, 0.4) is 0 Å². The average molecular weight is 283 g/mol. The van der Waals surface area contributed by atoms with Gasteiger partial charge in [0, 0.05) is 0 Å². The minimum absolute atomic E-state index is 0.636. The van der Waals surface area contributed by atoms with Gasteiger partial charge in [0.2, 0.25) is 6.41 Å². The highest BCUT2D eigenvalue weighted by atomic mass is 79.9. The molecule has 0 unspecified atom stereocenters. The fourth-order valence-electron chi connectivity index (χ4n) is 1.62. The van der Waals surface area contributed by atoms with Crippen molar-refractivity contribution in [2.24, 2.45) is 0 Å². The van der Waals surface area contributed by atoms with Crippen molar-refractivity contribution in [3.05, 3.63) is 21.9 Å². The molecule has 2 aromatic rings. The van der Waals surface area contributed by atoms with E-state index in [-0.39, 0.29) is 0 Å². The highest BCUT2D eigenvalue weighted by molar-refractivity contribution is 9.10. The zero-order valence-electron chi connectivity index (χ0n) is 8.99.